The van der Waals surface area contributed by atoms with E-state index in [0.717, 1.165) is 38.3 Å². The van der Waals surface area contributed by atoms with Crippen LogP contribution in [0.15, 0.2) is 24.8 Å². The number of benzene rings is 1. The molecule has 0 aromatic heterocycles. The van der Waals surface area contributed by atoms with Gasteiger partial charge in [0.05, 0.1) is 6.04 Å². The van der Waals surface area contributed by atoms with Crippen LogP contribution in [0.25, 0.3) is 0 Å². The third kappa shape index (κ3) is 3.49. The maximum absolute atomic E-state index is 13.2. The van der Waals surface area contributed by atoms with E-state index in [1.165, 1.54) is 0 Å². The molecule has 1 atom stereocenters. The molecule has 0 aliphatic carbocycles. The highest BCUT2D eigenvalue weighted by molar-refractivity contribution is 5.85. The molecular weight excluding hydrogens is 277 g/mol. The van der Waals surface area contributed by atoms with Gasteiger partial charge in [-0.2, -0.15) is 0 Å². The Morgan fingerprint density at radius 3 is 2.16 bits per heavy atom. The Morgan fingerprint density at radius 2 is 1.68 bits per heavy atom. The highest BCUT2D eigenvalue weighted by atomic mass is 35.5. The van der Waals surface area contributed by atoms with Gasteiger partial charge in [0.25, 0.3) is 0 Å². The Morgan fingerprint density at radius 1 is 1.16 bits per heavy atom. The molecule has 1 aromatic carbocycles. The van der Waals surface area contributed by atoms with Crippen LogP contribution in [0.1, 0.15) is 11.6 Å². The second-order valence-electron chi connectivity index (χ2n) is 4.27. The van der Waals surface area contributed by atoms with Gasteiger partial charge in [-0.25, -0.2) is 13.2 Å². The Labute approximate surface area is 116 Å². The van der Waals surface area contributed by atoms with E-state index in [0.29, 0.717) is 5.56 Å². The maximum Gasteiger partial charge on any atom is 0.194 e. The summed E-state index contributed by atoms with van der Waals surface area (Å²) >= 11 is 0. The van der Waals surface area contributed by atoms with Crippen LogP contribution in [-0.4, -0.2) is 31.1 Å². The smallest absolute Gasteiger partial charge is 0.194 e. The van der Waals surface area contributed by atoms with E-state index in [-0.39, 0.29) is 18.4 Å². The van der Waals surface area contributed by atoms with Crippen LogP contribution in [0.4, 0.5) is 13.2 Å². The molecule has 19 heavy (non-hydrogen) atoms. The second kappa shape index (κ2) is 6.93. The fourth-order valence-electron chi connectivity index (χ4n) is 2.20. The molecule has 1 heterocycles. The van der Waals surface area contributed by atoms with E-state index >= 15 is 0 Å². The lowest BCUT2D eigenvalue weighted by Gasteiger charge is -2.33. The molecule has 1 saturated heterocycles. The van der Waals surface area contributed by atoms with Gasteiger partial charge in [-0.05, 0) is 17.7 Å². The Balaban J connectivity index is 0.00000180. The number of nitrogens with zero attached hydrogens (tertiary/aromatic N) is 1. The van der Waals surface area contributed by atoms with Gasteiger partial charge in [0.15, 0.2) is 17.5 Å². The topological polar surface area (TPSA) is 15.3 Å². The highest BCUT2D eigenvalue weighted by Gasteiger charge is 2.22. The number of hydrogen-bond acceptors (Lipinski definition) is 2. The van der Waals surface area contributed by atoms with Crippen molar-refractivity contribution in [1.82, 2.24) is 10.2 Å². The first kappa shape index (κ1) is 16.0. The molecular formula is C13H16ClF3N2. The standard InChI is InChI=1S/C13H15F3N2.ClH/c1-2-12(18-5-3-17-4-6-18)9-7-10(14)13(16)11(15)8-9;/h2,7-8,12,17H,1,3-6H2;1H/t12-;/m1./s1. The molecule has 0 radical (unpaired) electrons. The minimum Gasteiger partial charge on any atom is -0.314 e. The van der Waals surface area contributed by atoms with Crippen LogP contribution in [0.5, 0.6) is 0 Å². The SMILES string of the molecule is C=C[C@H](c1cc(F)c(F)c(F)c1)N1CCNCC1.Cl. The lowest BCUT2D eigenvalue weighted by Crippen LogP contribution is -2.44. The van der Waals surface area contributed by atoms with Gasteiger partial charge in [0.1, 0.15) is 0 Å². The Hall–Kier alpha value is -1.04. The lowest BCUT2D eigenvalue weighted by molar-refractivity contribution is 0.202. The quantitative estimate of drug-likeness (QED) is 0.681. The average molecular weight is 293 g/mol. The molecule has 0 saturated carbocycles. The van der Waals surface area contributed by atoms with Crippen LogP contribution in [0, 0.1) is 17.5 Å². The zero-order valence-electron chi connectivity index (χ0n) is 10.3. The molecule has 0 unspecified atom stereocenters. The number of halogens is 4. The predicted molar refractivity (Wildman–Crippen MR) is 70.9 cm³/mol. The maximum atomic E-state index is 13.2. The summed E-state index contributed by atoms with van der Waals surface area (Å²) in [5, 5.41) is 3.19. The summed E-state index contributed by atoms with van der Waals surface area (Å²) < 4.78 is 39.4. The molecule has 1 aliphatic heterocycles. The van der Waals surface area contributed by atoms with Crippen molar-refractivity contribution in [2.24, 2.45) is 0 Å². The molecule has 0 amide bonds. The van der Waals surface area contributed by atoms with Gasteiger partial charge in [-0.3, -0.25) is 4.90 Å². The minimum absolute atomic E-state index is 0. The van der Waals surface area contributed by atoms with Gasteiger partial charge in [0.2, 0.25) is 0 Å². The van der Waals surface area contributed by atoms with Gasteiger partial charge in [-0.15, -0.1) is 19.0 Å². The van der Waals surface area contributed by atoms with E-state index in [1.807, 2.05) is 0 Å². The largest absolute Gasteiger partial charge is 0.314 e. The molecule has 0 bridgehead atoms. The van der Waals surface area contributed by atoms with Crippen molar-refractivity contribution >= 4 is 12.4 Å². The predicted octanol–water partition coefficient (Wildman–Crippen LogP) is 2.66. The number of hydrogen-bond donors (Lipinski definition) is 1. The third-order valence-electron chi connectivity index (χ3n) is 3.12. The van der Waals surface area contributed by atoms with Gasteiger partial charge in [0, 0.05) is 26.2 Å². The lowest BCUT2D eigenvalue weighted by atomic mass is 10.0. The Kier molecular flexibility index (Phi) is 5.85. The summed E-state index contributed by atoms with van der Waals surface area (Å²) in [6.07, 6.45) is 1.62. The summed E-state index contributed by atoms with van der Waals surface area (Å²) in [6.45, 7) is 6.85. The number of rotatable bonds is 3. The summed E-state index contributed by atoms with van der Waals surface area (Å²) in [5.74, 6) is -3.75. The molecule has 6 heteroatoms. The van der Waals surface area contributed by atoms with E-state index in [2.05, 4.69) is 16.8 Å². The van der Waals surface area contributed by atoms with Crippen LogP contribution >= 0.6 is 12.4 Å². The monoisotopic (exact) mass is 292 g/mol. The first-order valence-electron chi connectivity index (χ1n) is 5.85. The molecule has 0 spiro atoms. The molecule has 1 fully saturated rings. The second-order valence-corrected chi connectivity index (χ2v) is 4.27. The van der Waals surface area contributed by atoms with Gasteiger partial charge < -0.3 is 5.32 Å². The van der Waals surface area contributed by atoms with E-state index in [4.69, 9.17) is 0 Å². The first-order chi connectivity index (χ1) is 8.63. The minimum atomic E-state index is -1.43. The number of piperazine rings is 1. The van der Waals surface area contributed by atoms with Crippen LogP contribution in [0.2, 0.25) is 0 Å². The van der Waals surface area contributed by atoms with Crippen LogP contribution in [0.3, 0.4) is 0 Å². The third-order valence-corrected chi connectivity index (χ3v) is 3.12. The summed E-state index contributed by atoms with van der Waals surface area (Å²) in [6, 6.07) is 1.77. The van der Waals surface area contributed by atoms with Crippen molar-refractivity contribution in [3.63, 3.8) is 0 Å². The van der Waals surface area contributed by atoms with Crippen LogP contribution in [-0.2, 0) is 0 Å². The van der Waals surface area contributed by atoms with Crippen molar-refractivity contribution in [2.45, 2.75) is 6.04 Å². The van der Waals surface area contributed by atoms with E-state index in [9.17, 15) is 13.2 Å². The zero-order chi connectivity index (χ0) is 13.1. The van der Waals surface area contributed by atoms with Crippen LogP contribution < -0.4 is 5.32 Å². The molecule has 2 rings (SSSR count). The van der Waals surface area contributed by atoms with Crippen molar-refractivity contribution < 1.29 is 13.2 Å². The molecule has 1 N–H and O–H groups in total. The fourth-order valence-corrected chi connectivity index (χ4v) is 2.20. The molecule has 106 valence electrons. The van der Waals surface area contributed by atoms with Gasteiger partial charge >= 0.3 is 0 Å². The average Bonchev–Trinajstić information content (AvgIpc) is 2.38. The van der Waals surface area contributed by atoms with Crippen molar-refractivity contribution in [2.75, 3.05) is 26.2 Å². The Bertz CT molecular complexity index is 425. The van der Waals surface area contributed by atoms with E-state index < -0.39 is 17.5 Å². The summed E-state index contributed by atoms with van der Waals surface area (Å²) in [7, 11) is 0. The van der Waals surface area contributed by atoms with Gasteiger partial charge in [-0.1, -0.05) is 6.08 Å². The number of nitrogens with one attached hydrogen (secondary N) is 1. The normalized spacial score (nSPS) is 17.6. The van der Waals surface area contributed by atoms with Crippen molar-refractivity contribution in [1.29, 1.82) is 0 Å². The van der Waals surface area contributed by atoms with E-state index in [1.54, 1.807) is 6.08 Å². The summed E-state index contributed by atoms with van der Waals surface area (Å²) in [4.78, 5) is 2.05. The van der Waals surface area contributed by atoms with Crippen molar-refractivity contribution in [3.05, 3.63) is 47.8 Å². The summed E-state index contributed by atoms with van der Waals surface area (Å²) in [5.41, 5.74) is 0.392. The highest BCUT2D eigenvalue weighted by Crippen LogP contribution is 2.25. The fraction of sp³-hybridized carbons (Fsp3) is 0.385. The zero-order valence-corrected chi connectivity index (χ0v) is 11.2. The first-order valence-corrected chi connectivity index (χ1v) is 5.85. The molecule has 2 nitrogen and oxygen atoms in total. The molecule has 1 aliphatic rings. The van der Waals surface area contributed by atoms with Crippen molar-refractivity contribution in [3.8, 4) is 0 Å². The molecule has 1 aromatic rings.